The first-order valence-corrected chi connectivity index (χ1v) is 7.50. The maximum absolute atomic E-state index is 10.7. The number of aliphatic carboxylic acids is 1. The van der Waals surface area contributed by atoms with Crippen LogP contribution < -0.4 is 9.47 Å². The van der Waals surface area contributed by atoms with E-state index in [0.717, 1.165) is 38.4 Å². The number of aryl methyl sites for hydroxylation is 1. The summed E-state index contributed by atoms with van der Waals surface area (Å²) in [5.41, 5.74) is 0.894. The predicted octanol–water partition coefficient (Wildman–Crippen LogP) is 1.42. The van der Waals surface area contributed by atoms with E-state index in [1.807, 2.05) is 18.2 Å². The zero-order valence-electron chi connectivity index (χ0n) is 12.9. The summed E-state index contributed by atoms with van der Waals surface area (Å²) in [5, 5.41) is 8.83. The fourth-order valence-electron chi connectivity index (χ4n) is 2.35. The summed E-state index contributed by atoms with van der Waals surface area (Å²) in [5.74, 6) is 0.601. The van der Waals surface area contributed by atoms with Crippen LogP contribution in [0.25, 0.3) is 0 Å². The van der Waals surface area contributed by atoms with Crippen molar-refractivity contribution in [1.82, 2.24) is 4.90 Å². The molecule has 0 radical (unpaired) electrons. The van der Waals surface area contributed by atoms with Gasteiger partial charge in [-0.15, -0.1) is 0 Å². The molecular weight excluding hydrogens is 286 g/mol. The first kappa shape index (κ1) is 16.6. The molecule has 0 amide bonds. The molecule has 1 saturated heterocycles. The van der Waals surface area contributed by atoms with Crippen LogP contribution in [0.15, 0.2) is 18.2 Å². The van der Waals surface area contributed by atoms with Crippen molar-refractivity contribution in [3.63, 3.8) is 0 Å². The molecule has 1 N–H and O–H groups in total. The highest BCUT2D eigenvalue weighted by atomic mass is 16.5. The lowest BCUT2D eigenvalue weighted by Gasteiger charge is -2.26. The van der Waals surface area contributed by atoms with Crippen LogP contribution in [0.4, 0.5) is 0 Å². The summed E-state index contributed by atoms with van der Waals surface area (Å²) in [6.45, 7) is 4.78. The van der Waals surface area contributed by atoms with Crippen molar-refractivity contribution < 1.29 is 24.1 Å². The lowest BCUT2D eigenvalue weighted by Crippen LogP contribution is -2.38. The van der Waals surface area contributed by atoms with Gasteiger partial charge in [-0.05, 0) is 18.1 Å². The lowest BCUT2D eigenvalue weighted by molar-refractivity contribution is -0.136. The van der Waals surface area contributed by atoms with Crippen LogP contribution in [0.3, 0.4) is 0 Å². The summed E-state index contributed by atoms with van der Waals surface area (Å²) in [6, 6.07) is 5.51. The van der Waals surface area contributed by atoms with E-state index in [0.29, 0.717) is 24.5 Å². The maximum Gasteiger partial charge on any atom is 0.303 e. The van der Waals surface area contributed by atoms with E-state index in [1.54, 1.807) is 7.11 Å². The van der Waals surface area contributed by atoms with E-state index in [1.165, 1.54) is 0 Å². The van der Waals surface area contributed by atoms with E-state index >= 15 is 0 Å². The normalized spacial score (nSPS) is 15.5. The van der Waals surface area contributed by atoms with Crippen LogP contribution in [0.5, 0.6) is 11.5 Å². The third kappa shape index (κ3) is 5.20. The fourth-order valence-corrected chi connectivity index (χ4v) is 2.35. The Labute approximate surface area is 130 Å². The van der Waals surface area contributed by atoms with Gasteiger partial charge in [-0.3, -0.25) is 9.69 Å². The minimum Gasteiger partial charge on any atom is -0.497 e. The average Bonchev–Trinajstić information content (AvgIpc) is 2.54. The number of benzene rings is 1. The Morgan fingerprint density at radius 2 is 2.14 bits per heavy atom. The largest absolute Gasteiger partial charge is 0.497 e. The molecule has 1 aromatic carbocycles. The van der Waals surface area contributed by atoms with E-state index in [-0.39, 0.29) is 6.42 Å². The molecule has 0 aliphatic carbocycles. The number of carboxylic acids is 1. The van der Waals surface area contributed by atoms with Gasteiger partial charge in [0.15, 0.2) is 0 Å². The van der Waals surface area contributed by atoms with Crippen LogP contribution >= 0.6 is 0 Å². The predicted molar refractivity (Wildman–Crippen MR) is 81.7 cm³/mol. The summed E-state index contributed by atoms with van der Waals surface area (Å²) in [6.07, 6.45) is 0.540. The number of rotatable bonds is 8. The summed E-state index contributed by atoms with van der Waals surface area (Å²) in [4.78, 5) is 13.0. The van der Waals surface area contributed by atoms with Crippen molar-refractivity contribution in [3.8, 4) is 11.5 Å². The highest BCUT2D eigenvalue weighted by Gasteiger charge is 2.12. The van der Waals surface area contributed by atoms with Gasteiger partial charge in [0.1, 0.15) is 18.1 Å². The molecule has 2 rings (SSSR count). The Balaban J connectivity index is 1.92. The maximum atomic E-state index is 10.7. The standard InChI is InChI=1S/C16H23NO5/c1-20-14-4-2-13(3-5-16(18)19)15(12-14)22-11-8-17-6-9-21-10-7-17/h2,4,12H,3,5-11H2,1H3,(H,18,19). The average molecular weight is 309 g/mol. The minimum atomic E-state index is -0.810. The van der Waals surface area contributed by atoms with Gasteiger partial charge in [-0.25, -0.2) is 0 Å². The van der Waals surface area contributed by atoms with Crippen molar-refractivity contribution in [3.05, 3.63) is 23.8 Å². The highest BCUT2D eigenvalue weighted by molar-refractivity contribution is 5.67. The monoisotopic (exact) mass is 309 g/mol. The van der Waals surface area contributed by atoms with Crippen molar-refractivity contribution in [2.75, 3.05) is 46.6 Å². The molecule has 0 bridgehead atoms. The molecule has 1 aliphatic heterocycles. The number of ether oxygens (including phenoxy) is 3. The van der Waals surface area contributed by atoms with Crippen molar-refractivity contribution in [1.29, 1.82) is 0 Å². The van der Waals surface area contributed by atoms with Crippen LogP contribution in [0.1, 0.15) is 12.0 Å². The first-order chi connectivity index (χ1) is 10.7. The number of carboxylic acid groups (broad SMARTS) is 1. The molecule has 1 aliphatic rings. The van der Waals surface area contributed by atoms with Gasteiger partial charge in [0, 0.05) is 32.1 Å². The SMILES string of the molecule is COc1ccc(CCC(=O)O)c(OCCN2CCOCC2)c1. The van der Waals surface area contributed by atoms with Gasteiger partial charge in [0.25, 0.3) is 0 Å². The second kappa shape index (κ2) is 8.60. The molecule has 0 unspecified atom stereocenters. The lowest BCUT2D eigenvalue weighted by atomic mass is 10.1. The van der Waals surface area contributed by atoms with E-state index < -0.39 is 5.97 Å². The van der Waals surface area contributed by atoms with Gasteiger partial charge < -0.3 is 19.3 Å². The van der Waals surface area contributed by atoms with Gasteiger partial charge in [-0.2, -0.15) is 0 Å². The quantitative estimate of drug-likeness (QED) is 0.783. The van der Waals surface area contributed by atoms with Crippen LogP contribution in [-0.4, -0.2) is 62.5 Å². The molecule has 0 spiro atoms. The first-order valence-electron chi connectivity index (χ1n) is 7.50. The minimum absolute atomic E-state index is 0.0894. The topological polar surface area (TPSA) is 68.2 Å². The Bertz CT molecular complexity index is 485. The molecule has 1 fully saturated rings. The van der Waals surface area contributed by atoms with Crippen molar-refractivity contribution >= 4 is 5.97 Å². The molecule has 0 aromatic heterocycles. The molecular formula is C16H23NO5. The van der Waals surface area contributed by atoms with Gasteiger partial charge in [0.05, 0.1) is 20.3 Å². The third-order valence-corrected chi connectivity index (χ3v) is 3.65. The zero-order chi connectivity index (χ0) is 15.8. The molecule has 0 atom stereocenters. The summed E-state index contributed by atoms with van der Waals surface area (Å²) < 4.78 is 16.4. The highest BCUT2D eigenvalue weighted by Crippen LogP contribution is 2.26. The van der Waals surface area contributed by atoms with Crippen molar-refractivity contribution in [2.45, 2.75) is 12.8 Å². The molecule has 6 heteroatoms. The Kier molecular flexibility index (Phi) is 6.48. The molecule has 122 valence electrons. The molecule has 6 nitrogen and oxygen atoms in total. The number of hydrogen-bond donors (Lipinski definition) is 1. The van der Waals surface area contributed by atoms with Gasteiger partial charge in [-0.1, -0.05) is 6.07 Å². The Morgan fingerprint density at radius 3 is 2.82 bits per heavy atom. The Morgan fingerprint density at radius 1 is 1.36 bits per heavy atom. The van der Waals surface area contributed by atoms with Crippen LogP contribution in [0.2, 0.25) is 0 Å². The van der Waals surface area contributed by atoms with E-state index in [4.69, 9.17) is 19.3 Å². The molecule has 1 heterocycles. The van der Waals surface area contributed by atoms with E-state index in [2.05, 4.69) is 4.90 Å². The summed E-state index contributed by atoms with van der Waals surface area (Å²) >= 11 is 0. The molecule has 0 saturated carbocycles. The number of morpholine rings is 1. The van der Waals surface area contributed by atoms with Crippen LogP contribution in [0, 0.1) is 0 Å². The van der Waals surface area contributed by atoms with Crippen LogP contribution in [-0.2, 0) is 16.0 Å². The van der Waals surface area contributed by atoms with Crippen molar-refractivity contribution in [2.24, 2.45) is 0 Å². The van der Waals surface area contributed by atoms with Gasteiger partial charge >= 0.3 is 5.97 Å². The number of methoxy groups -OCH3 is 1. The number of carbonyl (C=O) groups is 1. The second-order valence-electron chi connectivity index (χ2n) is 5.17. The second-order valence-corrected chi connectivity index (χ2v) is 5.17. The molecule has 22 heavy (non-hydrogen) atoms. The van der Waals surface area contributed by atoms with Gasteiger partial charge in [0.2, 0.25) is 0 Å². The number of nitrogens with zero attached hydrogens (tertiary/aromatic N) is 1. The number of hydrogen-bond acceptors (Lipinski definition) is 5. The molecule has 1 aromatic rings. The smallest absolute Gasteiger partial charge is 0.303 e. The zero-order valence-corrected chi connectivity index (χ0v) is 12.9. The fraction of sp³-hybridized carbons (Fsp3) is 0.562. The summed E-state index contributed by atoms with van der Waals surface area (Å²) in [7, 11) is 1.60. The Hall–Kier alpha value is -1.79. The third-order valence-electron chi connectivity index (χ3n) is 3.65. The van der Waals surface area contributed by atoms with E-state index in [9.17, 15) is 4.79 Å².